The molecule has 1 aromatic heterocycles. The highest BCUT2D eigenvalue weighted by atomic mass is 16.4. The molecule has 0 aliphatic carbocycles. The summed E-state index contributed by atoms with van der Waals surface area (Å²) < 4.78 is 1.56. The first-order valence-electron chi connectivity index (χ1n) is 6.18. The highest BCUT2D eigenvalue weighted by Gasteiger charge is 2.06. The average Bonchev–Trinajstić information content (AvgIpc) is 2.89. The number of carboxylic acid groups (broad SMARTS) is 1. The monoisotopic (exact) mass is 286 g/mol. The number of nitrogens with one attached hydrogen (secondary N) is 1. The first-order chi connectivity index (χ1) is 10.0. The number of aromatic nitrogens is 3. The molecule has 7 heteroatoms. The molecule has 0 atom stereocenters. The van der Waals surface area contributed by atoms with E-state index < -0.39 is 5.97 Å². The molecule has 2 aromatic rings. The lowest BCUT2D eigenvalue weighted by Gasteiger charge is -2.03. The van der Waals surface area contributed by atoms with Crippen LogP contribution in [0.25, 0.3) is 6.08 Å². The smallest absolute Gasteiger partial charge is 0.328 e. The number of nitrogens with zero attached hydrogens (tertiary/aromatic N) is 3. The van der Waals surface area contributed by atoms with Gasteiger partial charge < -0.3 is 10.4 Å². The zero-order chi connectivity index (χ0) is 15.2. The molecule has 0 unspecified atom stereocenters. The Balaban J connectivity index is 1.95. The Morgan fingerprint density at radius 3 is 2.62 bits per heavy atom. The van der Waals surface area contributed by atoms with Crippen LogP contribution < -0.4 is 5.32 Å². The van der Waals surface area contributed by atoms with Crippen LogP contribution in [0.15, 0.2) is 36.7 Å². The molecule has 7 nitrogen and oxygen atoms in total. The van der Waals surface area contributed by atoms with Gasteiger partial charge in [-0.15, -0.1) is 0 Å². The number of carbonyl (C=O) groups is 2. The number of aryl methyl sites for hydroxylation is 1. The summed E-state index contributed by atoms with van der Waals surface area (Å²) in [6.07, 6.45) is 4.06. The first-order valence-corrected chi connectivity index (χ1v) is 6.18. The summed E-state index contributed by atoms with van der Waals surface area (Å²) in [6, 6.07) is 6.60. The molecule has 0 saturated heterocycles. The van der Waals surface area contributed by atoms with E-state index in [1.807, 2.05) is 0 Å². The second-order valence-corrected chi connectivity index (χ2v) is 4.31. The number of hydrogen-bond donors (Lipinski definition) is 2. The van der Waals surface area contributed by atoms with Crippen molar-refractivity contribution in [1.29, 1.82) is 0 Å². The van der Waals surface area contributed by atoms with Crippen molar-refractivity contribution in [2.75, 3.05) is 0 Å². The molecule has 1 aromatic carbocycles. The molecule has 0 spiro atoms. The van der Waals surface area contributed by atoms with Crippen LogP contribution in [0, 0.1) is 0 Å². The van der Waals surface area contributed by atoms with Crippen LogP contribution >= 0.6 is 0 Å². The van der Waals surface area contributed by atoms with E-state index in [4.69, 9.17) is 5.11 Å². The second kappa shape index (κ2) is 6.47. The van der Waals surface area contributed by atoms with Crippen LogP contribution in [0.1, 0.15) is 21.7 Å². The Hall–Kier alpha value is -2.96. The maximum atomic E-state index is 11.9. The van der Waals surface area contributed by atoms with E-state index in [-0.39, 0.29) is 12.5 Å². The van der Waals surface area contributed by atoms with Crippen LogP contribution in [0.2, 0.25) is 0 Å². The summed E-state index contributed by atoms with van der Waals surface area (Å²) in [4.78, 5) is 26.3. The Bertz CT molecular complexity index is 674. The molecular weight excluding hydrogens is 272 g/mol. The van der Waals surface area contributed by atoms with Crippen LogP contribution in [-0.4, -0.2) is 31.7 Å². The summed E-state index contributed by atoms with van der Waals surface area (Å²) in [7, 11) is 1.75. The number of carbonyl (C=O) groups excluding carboxylic acids is 1. The van der Waals surface area contributed by atoms with E-state index >= 15 is 0 Å². The zero-order valence-electron chi connectivity index (χ0n) is 11.4. The normalized spacial score (nSPS) is 10.7. The molecule has 0 saturated carbocycles. The van der Waals surface area contributed by atoms with Crippen molar-refractivity contribution >= 4 is 18.0 Å². The molecule has 1 amide bonds. The Kier molecular flexibility index (Phi) is 4.45. The van der Waals surface area contributed by atoms with E-state index in [0.717, 1.165) is 6.08 Å². The van der Waals surface area contributed by atoms with Crippen molar-refractivity contribution in [3.05, 3.63) is 53.6 Å². The zero-order valence-corrected chi connectivity index (χ0v) is 11.4. The molecule has 1 heterocycles. The Morgan fingerprint density at radius 2 is 2.05 bits per heavy atom. The van der Waals surface area contributed by atoms with Crippen LogP contribution in [0.3, 0.4) is 0 Å². The summed E-state index contributed by atoms with van der Waals surface area (Å²) >= 11 is 0. The highest BCUT2D eigenvalue weighted by molar-refractivity contribution is 5.94. The van der Waals surface area contributed by atoms with Gasteiger partial charge >= 0.3 is 5.97 Å². The van der Waals surface area contributed by atoms with Gasteiger partial charge in [0.15, 0.2) is 5.82 Å². The van der Waals surface area contributed by atoms with Gasteiger partial charge in [0.05, 0.1) is 6.54 Å². The van der Waals surface area contributed by atoms with Gasteiger partial charge in [0, 0.05) is 18.7 Å². The highest BCUT2D eigenvalue weighted by Crippen LogP contribution is 2.06. The topological polar surface area (TPSA) is 97.1 Å². The summed E-state index contributed by atoms with van der Waals surface area (Å²) in [5.74, 6) is -0.720. The van der Waals surface area contributed by atoms with Gasteiger partial charge in [0.2, 0.25) is 0 Å². The van der Waals surface area contributed by atoms with Gasteiger partial charge in [-0.1, -0.05) is 12.1 Å². The predicted molar refractivity (Wildman–Crippen MR) is 75.3 cm³/mol. The van der Waals surface area contributed by atoms with E-state index in [2.05, 4.69) is 15.4 Å². The van der Waals surface area contributed by atoms with Crippen molar-refractivity contribution in [3.8, 4) is 0 Å². The van der Waals surface area contributed by atoms with Crippen molar-refractivity contribution < 1.29 is 14.7 Å². The maximum Gasteiger partial charge on any atom is 0.328 e. The summed E-state index contributed by atoms with van der Waals surface area (Å²) in [5, 5.41) is 15.3. The van der Waals surface area contributed by atoms with Gasteiger partial charge in [-0.3, -0.25) is 9.48 Å². The van der Waals surface area contributed by atoms with E-state index in [1.165, 1.54) is 6.08 Å². The minimum absolute atomic E-state index is 0.240. The lowest BCUT2D eigenvalue weighted by atomic mass is 10.1. The summed E-state index contributed by atoms with van der Waals surface area (Å²) in [5.41, 5.74) is 1.19. The quantitative estimate of drug-likeness (QED) is 0.794. The minimum Gasteiger partial charge on any atom is -0.478 e. The van der Waals surface area contributed by atoms with Gasteiger partial charge in [-0.2, -0.15) is 5.10 Å². The maximum absolute atomic E-state index is 11.9. The number of amides is 1. The Morgan fingerprint density at radius 1 is 1.33 bits per heavy atom. The molecule has 2 N–H and O–H groups in total. The molecule has 0 radical (unpaired) electrons. The average molecular weight is 286 g/mol. The van der Waals surface area contributed by atoms with Gasteiger partial charge in [-0.25, -0.2) is 9.78 Å². The summed E-state index contributed by atoms with van der Waals surface area (Å²) in [6.45, 7) is 0.250. The number of carboxylic acids is 1. The fraction of sp³-hybridized carbons (Fsp3) is 0.143. The number of benzene rings is 1. The molecule has 0 aliphatic heterocycles. The standard InChI is InChI=1S/C14H14N4O3/c1-18-9-16-12(17-18)8-15-14(21)11-5-2-10(3-6-11)4-7-13(19)20/h2-7,9H,8H2,1H3,(H,15,21)(H,19,20)/b7-4+. The second-order valence-electron chi connectivity index (χ2n) is 4.31. The van der Waals surface area contributed by atoms with E-state index in [9.17, 15) is 9.59 Å². The predicted octanol–water partition coefficient (Wildman–Crippen LogP) is 0.843. The third-order valence-corrected chi connectivity index (χ3v) is 2.65. The molecule has 0 fully saturated rings. The lowest BCUT2D eigenvalue weighted by molar-refractivity contribution is -0.131. The van der Waals surface area contributed by atoms with Crippen molar-refractivity contribution in [2.24, 2.45) is 7.05 Å². The SMILES string of the molecule is Cn1cnc(CNC(=O)c2ccc(/C=C/C(=O)O)cc2)n1. The van der Waals surface area contributed by atoms with Gasteiger partial charge in [0.25, 0.3) is 5.91 Å². The van der Waals surface area contributed by atoms with Crippen molar-refractivity contribution in [3.63, 3.8) is 0 Å². The molecule has 21 heavy (non-hydrogen) atoms. The van der Waals surface area contributed by atoms with E-state index in [1.54, 1.807) is 42.3 Å². The van der Waals surface area contributed by atoms with Crippen molar-refractivity contribution in [2.45, 2.75) is 6.54 Å². The van der Waals surface area contributed by atoms with Crippen LogP contribution in [0.5, 0.6) is 0 Å². The third kappa shape index (κ3) is 4.27. The number of aliphatic carboxylic acids is 1. The first kappa shape index (κ1) is 14.4. The molecule has 0 bridgehead atoms. The minimum atomic E-state index is -1.01. The van der Waals surface area contributed by atoms with E-state index in [0.29, 0.717) is 17.0 Å². The lowest BCUT2D eigenvalue weighted by Crippen LogP contribution is -2.23. The fourth-order valence-electron chi connectivity index (χ4n) is 1.64. The largest absolute Gasteiger partial charge is 0.478 e. The molecule has 0 aliphatic rings. The van der Waals surface area contributed by atoms with Gasteiger partial charge in [0.1, 0.15) is 6.33 Å². The number of hydrogen-bond acceptors (Lipinski definition) is 4. The van der Waals surface area contributed by atoms with Crippen molar-refractivity contribution in [1.82, 2.24) is 20.1 Å². The fourth-order valence-corrected chi connectivity index (χ4v) is 1.64. The van der Waals surface area contributed by atoms with Crippen LogP contribution in [0.4, 0.5) is 0 Å². The molecule has 108 valence electrons. The van der Waals surface area contributed by atoms with Crippen LogP contribution in [-0.2, 0) is 18.4 Å². The molecule has 2 rings (SSSR count). The third-order valence-electron chi connectivity index (χ3n) is 2.65. The van der Waals surface area contributed by atoms with Gasteiger partial charge in [-0.05, 0) is 23.8 Å². The Labute approximate surface area is 120 Å². The number of rotatable bonds is 5. The molecular formula is C14H14N4O3.